The zero-order chi connectivity index (χ0) is 21.4. The molecule has 1 spiro atoms. The summed E-state index contributed by atoms with van der Waals surface area (Å²) in [4.78, 5) is 17.6. The van der Waals surface area contributed by atoms with Crippen LogP contribution in [-0.2, 0) is 12.0 Å². The Kier molecular flexibility index (Phi) is 5.28. The second-order valence-corrected chi connectivity index (χ2v) is 9.04. The zero-order valence-electron chi connectivity index (χ0n) is 17.2. The minimum atomic E-state index is -0.248. The number of benzene rings is 3. The fraction of sp³-hybridized carbons (Fsp3) is 0.269. The fourth-order valence-corrected chi connectivity index (χ4v) is 5.20. The molecule has 0 aromatic heterocycles. The molecule has 158 valence electrons. The Hall–Kier alpha value is -2.69. The van der Waals surface area contributed by atoms with Crippen molar-refractivity contribution in [2.24, 2.45) is 0 Å². The summed E-state index contributed by atoms with van der Waals surface area (Å²) in [5.74, 6) is -0.333. The number of hydrogen-bond acceptors (Lipinski definition) is 2. The van der Waals surface area contributed by atoms with Crippen LogP contribution in [0.15, 0.2) is 72.8 Å². The third kappa shape index (κ3) is 3.86. The largest absolute Gasteiger partial charge is 0.307 e. The smallest absolute Gasteiger partial charge is 0.258 e. The Morgan fingerprint density at radius 1 is 0.968 bits per heavy atom. The van der Waals surface area contributed by atoms with E-state index in [1.807, 2.05) is 11.0 Å². The number of carbonyl (C=O) groups is 1. The van der Waals surface area contributed by atoms with Gasteiger partial charge in [0.1, 0.15) is 5.82 Å². The average molecular weight is 435 g/mol. The van der Waals surface area contributed by atoms with Crippen LogP contribution in [0.25, 0.3) is 0 Å². The molecule has 5 heteroatoms. The topological polar surface area (TPSA) is 23.6 Å². The van der Waals surface area contributed by atoms with Gasteiger partial charge in [0.15, 0.2) is 0 Å². The molecule has 0 bridgehead atoms. The van der Waals surface area contributed by atoms with Gasteiger partial charge in [-0.3, -0.25) is 9.69 Å². The highest BCUT2D eigenvalue weighted by Gasteiger charge is 2.46. The number of amides is 1. The Morgan fingerprint density at radius 3 is 2.48 bits per heavy atom. The van der Waals surface area contributed by atoms with Crippen molar-refractivity contribution >= 4 is 23.2 Å². The molecular weight excluding hydrogens is 411 g/mol. The molecule has 0 unspecified atom stereocenters. The van der Waals surface area contributed by atoms with Gasteiger partial charge in [-0.25, -0.2) is 4.39 Å². The van der Waals surface area contributed by atoms with E-state index in [-0.39, 0.29) is 17.1 Å². The lowest BCUT2D eigenvalue weighted by atomic mass is 9.74. The van der Waals surface area contributed by atoms with Crippen molar-refractivity contribution < 1.29 is 9.18 Å². The molecule has 1 saturated heterocycles. The molecule has 0 N–H and O–H groups in total. The molecule has 1 amide bonds. The van der Waals surface area contributed by atoms with Crippen LogP contribution in [0.4, 0.5) is 10.1 Å². The Morgan fingerprint density at radius 2 is 1.74 bits per heavy atom. The van der Waals surface area contributed by atoms with E-state index in [0.717, 1.165) is 43.7 Å². The number of likely N-dealkylation sites (tertiary alicyclic amines) is 1. The van der Waals surface area contributed by atoms with E-state index in [4.69, 9.17) is 11.6 Å². The maximum absolute atomic E-state index is 14.2. The molecule has 0 saturated carbocycles. The predicted molar refractivity (Wildman–Crippen MR) is 122 cm³/mol. The molecule has 5 rings (SSSR count). The third-order valence-electron chi connectivity index (χ3n) is 6.66. The molecule has 2 aliphatic rings. The SMILES string of the molecule is O=C(c1cccc(Cl)c1)N1CC2(CCN(Cc3ccccc3)CC2)c2cc(F)ccc21. The Bertz CT molecular complexity index is 1110. The lowest BCUT2D eigenvalue weighted by Gasteiger charge is -2.40. The van der Waals surface area contributed by atoms with Crippen LogP contribution in [-0.4, -0.2) is 30.4 Å². The number of hydrogen-bond donors (Lipinski definition) is 0. The van der Waals surface area contributed by atoms with Gasteiger partial charge in [0.05, 0.1) is 0 Å². The van der Waals surface area contributed by atoms with Crippen LogP contribution in [0.1, 0.15) is 34.3 Å². The highest BCUT2D eigenvalue weighted by molar-refractivity contribution is 6.31. The lowest BCUT2D eigenvalue weighted by Crippen LogP contribution is -2.45. The highest BCUT2D eigenvalue weighted by atomic mass is 35.5. The van der Waals surface area contributed by atoms with Crippen LogP contribution < -0.4 is 4.90 Å². The first-order valence-electron chi connectivity index (χ1n) is 10.7. The normalized spacial score (nSPS) is 17.7. The van der Waals surface area contributed by atoms with Gasteiger partial charge in [0, 0.05) is 34.8 Å². The van der Waals surface area contributed by atoms with E-state index in [2.05, 4.69) is 29.2 Å². The van der Waals surface area contributed by atoms with E-state index in [0.29, 0.717) is 17.1 Å². The number of rotatable bonds is 3. The summed E-state index contributed by atoms with van der Waals surface area (Å²) in [5, 5.41) is 0.535. The van der Waals surface area contributed by atoms with Crippen LogP contribution >= 0.6 is 11.6 Å². The second-order valence-electron chi connectivity index (χ2n) is 8.61. The average Bonchev–Trinajstić information content (AvgIpc) is 3.09. The van der Waals surface area contributed by atoms with Gasteiger partial charge in [-0.15, -0.1) is 0 Å². The monoisotopic (exact) mass is 434 g/mol. The molecule has 0 aliphatic carbocycles. The van der Waals surface area contributed by atoms with Crippen molar-refractivity contribution in [3.05, 3.63) is 100 Å². The van der Waals surface area contributed by atoms with Crippen molar-refractivity contribution in [2.75, 3.05) is 24.5 Å². The Labute approximate surface area is 187 Å². The zero-order valence-corrected chi connectivity index (χ0v) is 18.0. The van der Waals surface area contributed by atoms with Crippen molar-refractivity contribution in [1.82, 2.24) is 4.90 Å². The number of halogens is 2. The van der Waals surface area contributed by atoms with Crippen molar-refractivity contribution in [3.63, 3.8) is 0 Å². The molecular formula is C26H24ClFN2O. The van der Waals surface area contributed by atoms with Gasteiger partial charge >= 0.3 is 0 Å². The van der Waals surface area contributed by atoms with Crippen LogP contribution in [0.2, 0.25) is 5.02 Å². The van der Waals surface area contributed by atoms with Crippen LogP contribution in [0, 0.1) is 5.82 Å². The summed E-state index contributed by atoms with van der Waals surface area (Å²) in [5.41, 5.74) is 3.43. The molecule has 0 atom stereocenters. The van der Waals surface area contributed by atoms with Gasteiger partial charge in [-0.05, 0) is 73.5 Å². The molecule has 2 aliphatic heterocycles. The fourth-order valence-electron chi connectivity index (χ4n) is 5.01. The summed E-state index contributed by atoms with van der Waals surface area (Å²) >= 11 is 6.12. The standard InChI is InChI=1S/C26H24ClFN2O/c27-21-8-4-7-20(15-21)25(31)30-18-26(23-16-22(28)9-10-24(23)30)11-13-29(14-12-26)17-19-5-2-1-3-6-19/h1-10,15-16H,11-14,17-18H2. The van der Waals surface area contributed by atoms with Crippen molar-refractivity contribution in [1.29, 1.82) is 0 Å². The van der Waals surface area contributed by atoms with Gasteiger partial charge in [-0.1, -0.05) is 48.0 Å². The summed E-state index contributed by atoms with van der Waals surface area (Å²) in [6, 6.07) is 22.3. The molecule has 1 fully saturated rings. The number of carbonyl (C=O) groups excluding carboxylic acids is 1. The molecule has 31 heavy (non-hydrogen) atoms. The van der Waals surface area contributed by atoms with Crippen molar-refractivity contribution in [2.45, 2.75) is 24.8 Å². The van der Waals surface area contributed by atoms with E-state index < -0.39 is 0 Å². The van der Waals surface area contributed by atoms with Crippen molar-refractivity contribution in [3.8, 4) is 0 Å². The van der Waals surface area contributed by atoms with Gasteiger partial charge < -0.3 is 4.90 Å². The maximum Gasteiger partial charge on any atom is 0.258 e. The molecule has 3 aromatic carbocycles. The summed E-state index contributed by atoms with van der Waals surface area (Å²) in [6.45, 7) is 3.34. The minimum Gasteiger partial charge on any atom is -0.307 e. The molecule has 3 aromatic rings. The van der Waals surface area contributed by atoms with E-state index in [1.54, 1.807) is 36.4 Å². The summed E-state index contributed by atoms with van der Waals surface area (Å²) in [7, 11) is 0. The van der Waals surface area contributed by atoms with Crippen LogP contribution in [0.3, 0.4) is 0 Å². The maximum atomic E-state index is 14.2. The highest BCUT2D eigenvalue weighted by Crippen LogP contribution is 2.48. The Balaban J connectivity index is 1.40. The number of nitrogens with zero attached hydrogens (tertiary/aromatic N) is 2. The van der Waals surface area contributed by atoms with Crippen LogP contribution in [0.5, 0.6) is 0 Å². The quantitative estimate of drug-likeness (QED) is 0.530. The first-order chi connectivity index (χ1) is 15.0. The van der Waals surface area contributed by atoms with E-state index in [9.17, 15) is 9.18 Å². The first-order valence-corrected chi connectivity index (χ1v) is 11.1. The molecule has 2 heterocycles. The summed E-state index contributed by atoms with van der Waals surface area (Å²) in [6.07, 6.45) is 1.80. The number of anilines is 1. The first kappa shape index (κ1) is 20.2. The predicted octanol–water partition coefficient (Wildman–Crippen LogP) is 5.67. The third-order valence-corrected chi connectivity index (χ3v) is 6.90. The lowest BCUT2D eigenvalue weighted by molar-refractivity contribution is 0.0975. The minimum absolute atomic E-state index is 0.0843. The number of piperidine rings is 1. The summed E-state index contributed by atoms with van der Waals surface area (Å²) < 4.78 is 14.2. The van der Waals surface area contributed by atoms with E-state index >= 15 is 0 Å². The van der Waals surface area contributed by atoms with Gasteiger partial charge in [0.25, 0.3) is 5.91 Å². The second kappa shape index (κ2) is 8.10. The van der Waals surface area contributed by atoms with Gasteiger partial charge in [-0.2, -0.15) is 0 Å². The number of fused-ring (bicyclic) bond motifs is 2. The van der Waals surface area contributed by atoms with Gasteiger partial charge in [0.2, 0.25) is 0 Å². The van der Waals surface area contributed by atoms with E-state index in [1.165, 1.54) is 11.6 Å². The molecule has 3 nitrogen and oxygen atoms in total. The molecule has 0 radical (unpaired) electrons.